The molecule has 0 aromatic heterocycles. The number of methoxy groups -OCH3 is 1. The lowest BCUT2D eigenvalue weighted by atomic mass is 9.91. The first kappa shape index (κ1) is 17.4. The summed E-state index contributed by atoms with van der Waals surface area (Å²) < 4.78 is 31.4. The van der Waals surface area contributed by atoms with Crippen LogP contribution in [0.15, 0.2) is 52.3 Å². The van der Waals surface area contributed by atoms with E-state index in [1.165, 1.54) is 7.11 Å². The van der Waals surface area contributed by atoms with Crippen LogP contribution < -0.4 is 10.1 Å². The van der Waals surface area contributed by atoms with Crippen molar-refractivity contribution in [3.63, 3.8) is 0 Å². The average molecular weight is 372 g/mol. The van der Waals surface area contributed by atoms with Crippen molar-refractivity contribution in [1.82, 2.24) is 4.90 Å². The monoisotopic (exact) mass is 372 g/mol. The van der Waals surface area contributed by atoms with Gasteiger partial charge in [0.1, 0.15) is 5.75 Å². The summed E-state index contributed by atoms with van der Waals surface area (Å²) >= 11 is 0. The summed E-state index contributed by atoms with van der Waals surface area (Å²) in [6, 6.07) is 12.5. The third-order valence-electron chi connectivity index (χ3n) is 5.55. The van der Waals surface area contributed by atoms with Crippen molar-refractivity contribution in [3.8, 4) is 5.75 Å². The fourth-order valence-corrected chi connectivity index (χ4v) is 5.36. The van der Waals surface area contributed by atoms with Gasteiger partial charge < -0.3 is 15.0 Å². The summed E-state index contributed by atoms with van der Waals surface area (Å²) in [5, 5.41) is 3.59. The summed E-state index contributed by atoms with van der Waals surface area (Å²) in [4.78, 5) is 2.96. The van der Waals surface area contributed by atoms with Crippen LogP contribution in [0.2, 0.25) is 0 Å². The number of anilines is 1. The highest BCUT2D eigenvalue weighted by Gasteiger charge is 2.35. The molecule has 2 atom stereocenters. The lowest BCUT2D eigenvalue weighted by Crippen LogP contribution is -2.22. The van der Waals surface area contributed by atoms with Gasteiger partial charge in [0.25, 0.3) is 0 Å². The number of rotatable bonds is 3. The molecule has 0 amide bonds. The predicted molar refractivity (Wildman–Crippen MR) is 102 cm³/mol. The molecule has 138 valence electrons. The standard InChI is InChI=1S/C20H24N2O3S/c1-22-10-8-17-18-13-16(6-7-19(18)21-20(17)9-11-22)26(23,24)15-5-3-4-14(12-15)25-2/h3-7,12-13,17,20-21H,8-11H2,1-2H3/t17-,20?/m1/s1. The molecule has 1 unspecified atom stereocenters. The first-order valence-corrected chi connectivity index (χ1v) is 10.5. The van der Waals surface area contributed by atoms with Crippen molar-refractivity contribution in [2.45, 2.75) is 34.6 Å². The van der Waals surface area contributed by atoms with E-state index in [0.717, 1.165) is 37.2 Å². The highest BCUT2D eigenvalue weighted by Crippen LogP contribution is 2.42. The van der Waals surface area contributed by atoms with Crippen LogP contribution in [0.5, 0.6) is 5.75 Å². The van der Waals surface area contributed by atoms with Gasteiger partial charge in [-0.1, -0.05) is 6.07 Å². The highest BCUT2D eigenvalue weighted by atomic mass is 32.2. The molecule has 2 heterocycles. The van der Waals surface area contributed by atoms with Gasteiger partial charge in [0.15, 0.2) is 0 Å². The van der Waals surface area contributed by atoms with E-state index in [9.17, 15) is 8.42 Å². The van der Waals surface area contributed by atoms with Gasteiger partial charge in [-0.25, -0.2) is 8.42 Å². The van der Waals surface area contributed by atoms with Crippen LogP contribution in [0.3, 0.4) is 0 Å². The number of nitrogens with one attached hydrogen (secondary N) is 1. The van der Waals surface area contributed by atoms with Crippen LogP contribution in [0, 0.1) is 0 Å². The second-order valence-corrected chi connectivity index (χ2v) is 9.12. The third-order valence-corrected chi connectivity index (χ3v) is 7.30. The van der Waals surface area contributed by atoms with Crippen molar-refractivity contribution in [2.75, 3.05) is 32.6 Å². The highest BCUT2D eigenvalue weighted by molar-refractivity contribution is 7.91. The Balaban J connectivity index is 1.71. The number of nitrogens with zero attached hydrogens (tertiary/aromatic N) is 1. The Morgan fingerprint density at radius 3 is 2.65 bits per heavy atom. The zero-order valence-corrected chi connectivity index (χ0v) is 15.9. The zero-order valence-electron chi connectivity index (χ0n) is 15.1. The van der Waals surface area contributed by atoms with Crippen LogP contribution in [-0.2, 0) is 9.84 Å². The Labute approximate surface area is 154 Å². The number of sulfone groups is 1. The van der Waals surface area contributed by atoms with Crippen molar-refractivity contribution >= 4 is 15.5 Å². The van der Waals surface area contributed by atoms with E-state index in [4.69, 9.17) is 4.74 Å². The molecule has 2 aromatic carbocycles. The molecule has 2 aliphatic rings. The minimum atomic E-state index is -3.57. The molecular formula is C20H24N2O3S. The minimum Gasteiger partial charge on any atom is -0.497 e. The van der Waals surface area contributed by atoms with Crippen LogP contribution in [0.4, 0.5) is 5.69 Å². The van der Waals surface area contributed by atoms with Gasteiger partial charge >= 0.3 is 0 Å². The summed E-state index contributed by atoms with van der Waals surface area (Å²) in [5.74, 6) is 0.913. The average Bonchev–Trinajstić information content (AvgIpc) is 2.90. The Morgan fingerprint density at radius 2 is 1.85 bits per heavy atom. The van der Waals surface area contributed by atoms with Gasteiger partial charge in [-0.15, -0.1) is 0 Å². The second kappa shape index (κ2) is 6.59. The Kier molecular flexibility index (Phi) is 4.40. The van der Waals surface area contributed by atoms with Gasteiger partial charge in [-0.05, 0) is 74.9 Å². The lowest BCUT2D eigenvalue weighted by Gasteiger charge is -2.16. The zero-order chi connectivity index (χ0) is 18.3. The Morgan fingerprint density at radius 1 is 1.08 bits per heavy atom. The molecule has 0 bridgehead atoms. The van der Waals surface area contributed by atoms with Gasteiger partial charge in [0.05, 0.1) is 16.9 Å². The fourth-order valence-electron chi connectivity index (χ4n) is 4.03. The van der Waals surface area contributed by atoms with E-state index in [1.54, 1.807) is 30.3 Å². The topological polar surface area (TPSA) is 58.6 Å². The molecule has 26 heavy (non-hydrogen) atoms. The molecule has 0 radical (unpaired) electrons. The van der Waals surface area contributed by atoms with Crippen LogP contribution >= 0.6 is 0 Å². The molecule has 6 heteroatoms. The first-order chi connectivity index (χ1) is 12.5. The van der Waals surface area contributed by atoms with Gasteiger partial charge in [0.2, 0.25) is 9.84 Å². The molecule has 0 spiro atoms. The van der Waals surface area contributed by atoms with Crippen molar-refractivity contribution in [1.29, 1.82) is 0 Å². The fraction of sp³-hybridized carbons (Fsp3) is 0.400. The van der Waals surface area contributed by atoms with Gasteiger partial charge in [0, 0.05) is 17.6 Å². The van der Waals surface area contributed by atoms with E-state index in [2.05, 4.69) is 17.3 Å². The predicted octanol–water partition coefficient (Wildman–Crippen LogP) is 3.13. The van der Waals surface area contributed by atoms with Crippen LogP contribution in [-0.4, -0.2) is 46.6 Å². The molecule has 1 N–H and O–H groups in total. The van der Waals surface area contributed by atoms with Crippen LogP contribution in [0.25, 0.3) is 0 Å². The molecule has 5 nitrogen and oxygen atoms in total. The number of hydrogen-bond donors (Lipinski definition) is 1. The van der Waals surface area contributed by atoms with E-state index in [-0.39, 0.29) is 4.90 Å². The summed E-state index contributed by atoms with van der Waals surface area (Å²) in [6.45, 7) is 2.10. The molecule has 0 aliphatic carbocycles. The maximum atomic E-state index is 13.1. The quantitative estimate of drug-likeness (QED) is 0.897. The van der Waals surface area contributed by atoms with Gasteiger partial charge in [-0.3, -0.25) is 0 Å². The van der Waals surface area contributed by atoms with Crippen molar-refractivity contribution in [2.24, 2.45) is 0 Å². The number of ether oxygens (including phenoxy) is 1. The Bertz CT molecular complexity index is 926. The molecule has 1 fully saturated rings. The number of likely N-dealkylation sites (tertiary alicyclic amines) is 1. The third kappa shape index (κ3) is 2.97. The number of fused-ring (bicyclic) bond motifs is 3. The van der Waals surface area contributed by atoms with E-state index in [1.807, 2.05) is 12.1 Å². The Hall–Kier alpha value is -2.05. The van der Waals surface area contributed by atoms with E-state index < -0.39 is 9.84 Å². The van der Waals surface area contributed by atoms with Crippen molar-refractivity contribution in [3.05, 3.63) is 48.0 Å². The van der Waals surface area contributed by atoms with Gasteiger partial charge in [-0.2, -0.15) is 0 Å². The normalized spacial score (nSPS) is 22.8. The first-order valence-electron chi connectivity index (χ1n) is 8.97. The second-order valence-electron chi connectivity index (χ2n) is 7.17. The smallest absolute Gasteiger partial charge is 0.206 e. The molecule has 2 aliphatic heterocycles. The van der Waals surface area contributed by atoms with E-state index in [0.29, 0.717) is 22.6 Å². The largest absolute Gasteiger partial charge is 0.497 e. The maximum Gasteiger partial charge on any atom is 0.206 e. The molecule has 4 rings (SSSR count). The maximum absolute atomic E-state index is 13.1. The van der Waals surface area contributed by atoms with E-state index >= 15 is 0 Å². The molecule has 1 saturated heterocycles. The summed E-state index contributed by atoms with van der Waals surface area (Å²) in [5.41, 5.74) is 2.21. The summed E-state index contributed by atoms with van der Waals surface area (Å²) in [6.07, 6.45) is 2.12. The SMILES string of the molecule is COc1cccc(S(=O)(=O)c2ccc3c(c2)[C@H]2CCN(C)CCC2N3)c1. The molecule has 2 aromatic rings. The number of benzene rings is 2. The lowest BCUT2D eigenvalue weighted by molar-refractivity contribution is 0.346. The minimum absolute atomic E-state index is 0.264. The molecule has 0 saturated carbocycles. The molecular weight excluding hydrogens is 348 g/mol. The van der Waals surface area contributed by atoms with Crippen LogP contribution in [0.1, 0.15) is 24.3 Å². The van der Waals surface area contributed by atoms with Crippen molar-refractivity contribution < 1.29 is 13.2 Å². The summed E-state index contributed by atoms with van der Waals surface area (Å²) in [7, 11) is 0.113. The number of hydrogen-bond acceptors (Lipinski definition) is 5.